The molecular formula is C21H27N3O5. The summed E-state index contributed by atoms with van der Waals surface area (Å²) in [6.07, 6.45) is -0.198. The summed E-state index contributed by atoms with van der Waals surface area (Å²) < 4.78 is 16.6. The van der Waals surface area contributed by atoms with Crippen molar-refractivity contribution in [3.63, 3.8) is 0 Å². The number of nitrogens with one attached hydrogen (secondary N) is 1. The number of rotatable bonds is 9. The van der Waals surface area contributed by atoms with E-state index in [1.165, 1.54) is 0 Å². The Kier molecular flexibility index (Phi) is 7.51. The number of carbonyl (C=O) groups is 1. The first-order valence-corrected chi connectivity index (χ1v) is 9.87. The van der Waals surface area contributed by atoms with Crippen LogP contribution in [0.2, 0.25) is 0 Å². The molecule has 2 heterocycles. The van der Waals surface area contributed by atoms with Crippen molar-refractivity contribution in [3.8, 4) is 0 Å². The first kappa shape index (κ1) is 21.2. The van der Waals surface area contributed by atoms with Crippen LogP contribution in [0.4, 0.5) is 0 Å². The number of amides is 1. The van der Waals surface area contributed by atoms with Crippen LogP contribution in [0.3, 0.4) is 0 Å². The maximum atomic E-state index is 12.6. The van der Waals surface area contributed by atoms with Gasteiger partial charge in [-0.1, -0.05) is 30.3 Å². The van der Waals surface area contributed by atoms with Gasteiger partial charge < -0.3 is 24.1 Å². The van der Waals surface area contributed by atoms with Crippen LogP contribution in [0.15, 0.2) is 35.1 Å². The molecule has 0 atom stereocenters. The summed E-state index contributed by atoms with van der Waals surface area (Å²) in [5, 5.41) is 0. The van der Waals surface area contributed by atoms with Gasteiger partial charge in [0.25, 0.3) is 5.56 Å². The molecule has 0 saturated heterocycles. The topological polar surface area (TPSA) is 93.8 Å². The van der Waals surface area contributed by atoms with Crippen molar-refractivity contribution >= 4 is 5.91 Å². The fourth-order valence-electron chi connectivity index (χ4n) is 3.20. The first-order valence-electron chi connectivity index (χ1n) is 9.87. The van der Waals surface area contributed by atoms with E-state index in [4.69, 9.17) is 14.2 Å². The molecule has 1 aromatic heterocycles. The predicted molar refractivity (Wildman–Crippen MR) is 106 cm³/mol. The van der Waals surface area contributed by atoms with Crippen molar-refractivity contribution in [2.75, 3.05) is 26.4 Å². The Morgan fingerprint density at radius 1 is 1.21 bits per heavy atom. The average Bonchev–Trinajstić information content (AvgIpc) is 2.74. The lowest BCUT2D eigenvalue weighted by Gasteiger charge is -2.28. The molecule has 0 bridgehead atoms. The molecule has 156 valence electrons. The van der Waals surface area contributed by atoms with Gasteiger partial charge in [0.1, 0.15) is 6.61 Å². The van der Waals surface area contributed by atoms with E-state index in [2.05, 4.69) is 9.97 Å². The standard InChI is InChI=1S/C21H27N3O5/c1-3-28-21(29-4-2)19-22-17-10-11-24(12-16(17)20(26)23-19)18(25)14-27-13-15-8-6-5-7-9-15/h5-9,21H,3-4,10-14H2,1-2H3,(H,22,23,26). The predicted octanol–water partition coefficient (Wildman–Crippen LogP) is 1.94. The number of carbonyl (C=O) groups excluding carboxylic acids is 1. The molecular weight excluding hydrogens is 374 g/mol. The van der Waals surface area contributed by atoms with Crippen molar-refractivity contribution in [2.24, 2.45) is 0 Å². The van der Waals surface area contributed by atoms with Gasteiger partial charge in [0.2, 0.25) is 12.2 Å². The minimum atomic E-state index is -0.700. The van der Waals surface area contributed by atoms with Crippen LogP contribution >= 0.6 is 0 Å². The fourth-order valence-corrected chi connectivity index (χ4v) is 3.20. The van der Waals surface area contributed by atoms with Gasteiger partial charge in [-0.3, -0.25) is 9.59 Å². The minimum Gasteiger partial charge on any atom is -0.367 e. The van der Waals surface area contributed by atoms with Crippen LogP contribution in [0, 0.1) is 0 Å². The molecule has 0 radical (unpaired) electrons. The zero-order chi connectivity index (χ0) is 20.6. The molecule has 1 aromatic carbocycles. The zero-order valence-electron chi connectivity index (χ0n) is 16.8. The molecule has 1 aliphatic rings. The number of hydrogen-bond acceptors (Lipinski definition) is 6. The van der Waals surface area contributed by atoms with E-state index in [0.717, 1.165) is 5.56 Å². The normalized spacial score (nSPS) is 13.6. The summed E-state index contributed by atoms with van der Waals surface area (Å²) in [6, 6.07) is 9.68. The molecule has 1 amide bonds. The molecule has 2 aromatic rings. The van der Waals surface area contributed by atoms with Gasteiger partial charge in [0, 0.05) is 26.2 Å². The molecule has 8 nitrogen and oxygen atoms in total. The average molecular weight is 401 g/mol. The first-order chi connectivity index (χ1) is 14.1. The SMILES string of the molecule is CCOC(OCC)c1nc2c(c(=O)[nH]1)CN(C(=O)COCc1ccccc1)CC2. The summed E-state index contributed by atoms with van der Waals surface area (Å²) in [5.41, 5.74) is 1.93. The molecule has 0 spiro atoms. The van der Waals surface area contributed by atoms with Gasteiger partial charge in [-0.05, 0) is 19.4 Å². The molecule has 1 aliphatic heterocycles. The Morgan fingerprint density at radius 2 is 1.93 bits per heavy atom. The summed E-state index contributed by atoms with van der Waals surface area (Å²) in [6.45, 7) is 5.65. The van der Waals surface area contributed by atoms with Crippen LogP contribution in [0.25, 0.3) is 0 Å². The van der Waals surface area contributed by atoms with Gasteiger partial charge in [-0.25, -0.2) is 4.98 Å². The highest BCUT2D eigenvalue weighted by molar-refractivity contribution is 5.77. The second-order valence-corrected chi connectivity index (χ2v) is 6.66. The smallest absolute Gasteiger partial charge is 0.256 e. The summed E-state index contributed by atoms with van der Waals surface area (Å²) in [4.78, 5) is 34.0. The second-order valence-electron chi connectivity index (χ2n) is 6.66. The summed E-state index contributed by atoms with van der Waals surface area (Å²) in [5.74, 6) is 0.222. The van der Waals surface area contributed by atoms with E-state index >= 15 is 0 Å². The van der Waals surface area contributed by atoms with Crippen LogP contribution in [-0.2, 0) is 38.6 Å². The Bertz CT molecular complexity index is 862. The lowest BCUT2D eigenvalue weighted by atomic mass is 10.1. The third-order valence-corrected chi connectivity index (χ3v) is 4.64. The number of hydrogen-bond donors (Lipinski definition) is 1. The van der Waals surface area contributed by atoms with E-state index in [0.29, 0.717) is 49.9 Å². The van der Waals surface area contributed by atoms with Gasteiger partial charge in [-0.15, -0.1) is 0 Å². The quantitative estimate of drug-likeness (QED) is 0.646. The highest BCUT2D eigenvalue weighted by Crippen LogP contribution is 2.19. The number of benzene rings is 1. The molecule has 0 unspecified atom stereocenters. The van der Waals surface area contributed by atoms with Crippen molar-refractivity contribution in [1.29, 1.82) is 0 Å². The number of fused-ring (bicyclic) bond motifs is 1. The molecule has 0 fully saturated rings. The number of ether oxygens (including phenoxy) is 3. The van der Waals surface area contributed by atoms with Crippen LogP contribution in [-0.4, -0.2) is 47.1 Å². The third-order valence-electron chi connectivity index (χ3n) is 4.64. The Hall–Kier alpha value is -2.55. The molecule has 0 aliphatic carbocycles. The molecule has 3 rings (SSSR count). The monoisotopic (exact) mass is 401 g/mol. The number of nitrogens with zero attached hydrogens (tertiary/aromatic N) is 2. The lowest BCUT2D eigenvalue weighted by Crippen LogP contribution is -2.41. The lowest BCUT2D eigenvalue weighted by molar-refractivity contribution is -0.145. The maximum absolute atomic E-state index is 12.6. The van der Waals surface area contributed by atoms with Gasteiger partial charge in [-0.2, -0.15) is 0 Å². The van der Waals surface area contributed by atoms with Gasteiger partial charge in [0.15, 0.2) is 5.82 Å². The number of aromatic amines is 1. The Labute approximate surface area is 169 Å². The zero-order valence-corrected chi connectivity index (χ0v) is 16.8. The number of aromatic nitrogens is 2. The van der Waals surface area contributed by atoms with Gasteiger partial charge >= 0.3 is 0 Å². The van der Waals surface area contributed by atoms with Crippen LogP contribution < -0.4 is 5.56 Å². The summed E-state index contributed by atoms with van der Waals surface area (Å²) >= 11 is 0. The van der Waals surface area contributed by atoms with E-state index in [9.17, 15) is 9.59 Å². The Morgan fingerprint density at radius 3 is 2.62 bits per heavy atom. The van der Waals surface area contributed by atoms with E-state index in [1.54, 1.807) is 4.90 Å². The molecule has 0 saturated carbocycles. The third kappa shape index (κ3) is 5.50. The molecule has 1 N–H and O–H groups in total. The van der Waals surface area contributed by atoms with Crippen molar-refractivity contribution < 1.29 is 19.0 Å². The van der Waals surface area contributed by atoms with E-state index < -0.39 is 6.29 Å². The number of H-pyrrole nitrogens is 1. The van der Waals surface area contributed by atoms with Crippen molar-refractivity contribution in [3.05, 3.63) is 63.3 Å². The van der Waals surface area contributed by atoms with E-state index in [1.807, 2.05) is 44.2 Å². The highest BCUT2D eigenvalue weighted by Gasteiger charge is 2.26. The van der Waals surface area contributed by atoms with Crippen LogP contribution in [0.5, 0.6) is 0 Å². The minimum absolute atomic E-state index is 0.0234. The van der Waals surface area contributed by atoms with E-state index in [-0.39, 0.29) is 24.6 Å². The van der Waals surface area contributed by atoms with Crippen molar-refractivity contribution in [2.45, 2.75) is 39.7 Å². The largest absolute Gasteiger partial charge is 0.367 e. The molecule has 8 heteroatoms. The highest BCUT2D eigenvalue weighted by atomic mass is 16.7. The molecule has 29 heavy (non-hydrogen) atoms. The van der Waals surface area contributed by atoms with Crippen molar-refractivity contribution in [1.82, 2.24) is 14.9 Å². The van der Waals surface area contributed by atoms with Gasteiger partial charge in [0.05, 0.1) is 24.4 Å². The van der Waals surface area contributed by atoms with Crippen LogP contribution in [0.1, 0.15) is 42.8 Å². The Balaban J connectivity index is 1.62. The summed E-state index contributed by atoms with van der Waals surface area (Å²) in [7, 11) is 0. The maximum Gasteiger partial charge on any atom is 0.256 e. The fraction of sp³-hybridized carbons (Fsp3) is 0.476. The second kappa shape index (κ2) is 10.3.